The number of anilines is 1. The van der Waals surface area contributed by atoms with Crippen molar-refractivity contribution < 1.29 is 14.3 Å². The number of carbonyl (C=O) groups excluding carboxylic acids is 2. The second kappa shape index (κ2) is 10.3. The Balaban J connectivity index is 1.40. The maximum atomic E-state index is 12.6. The number of nitrogens with zero attached hydrogens (tertiary/aromatic N) is 5. The van der Waals surface area contributed by atoms with Crippen LogP contribution in [0.25, 0.3) is 11.4 Å². The lowest BCUT2D eigenvalue weighted by Gasteiger charge is -2.09. The number of rotatable bonds is 8. The molecule has 0 aliphatic rings. The van der Waals surface area contributed by atoms with E-state index in [1.807, 2.05) is 22.8 Å². The van der Waals surface area contributed by atoms with Gasteiger partial charge in [0.25, 0.3) is 0 Å². The normalized spacial score (nSPS) is 10.8. The molecule has 0 spiro atoms. The molecular formula is C24H24N6O3S. The standard InChI is InChI=1S/C24H24N6O3S/c1-4-33-23(32)21-10-11-30(28-21)20-7-5-6-18(13-20)26-22(31)14-34-24-27-25-15-29(24)19-9-8-16(2)17(3)12-19/h5-13,15H,4,14H2,1-3H3,(H,26,31). The second-order valence-corrected chi connectivity index (χ2v) is 8.45. The van der Waals surface area contributed by atoms with Crippen molar-refractivity contribution in [3.8, 4) is 11.4 Å². The van der Waals surface area contributed by atoms with Crippen molar-refractivity contribution in [2.45, 2.75) is 25.9 Å². The first-order valence-electron chi connectivity index (χ1n) is 10.7. The van der Waals surface area contributed by atoms with Gasteiger partial charge >= 0.3 is 5.97 Å². The highest BCUT2D eigenvalue weighted by Crippen LogP contribution is 2.22. The molecule has 0 aliphatic heterocycles. The molecule has 34 heavy (non-hydrogen) atoms. The van der Waals surface area contributed by atoms with Crippen molar-refractivity contribution in [2.75, 3.05) is 17.7 Å². The van der Waals surface area contributed by atoms with Gasteiger partial charge in [-0.05, 0) is 68.3 Å². The molecule has 9 nitrogen and oxygen atoms in total. The van der Waals surface area contributed by atoms with Gasteiger partial charge in [-0.15, -0.1) is 10.2 Å². The van der Waals surface area contributed by atoms with Crippen LogP contribution in [0.4, 0.5) is 5.69 Å². The number of thioether (sulfide) groups is 1. The summed E-state index contributed by atoms with van der Waals surface area (Å²) >= 11 is 1.31. The maximum absolute atomic E-state index is 12.6. The molecule has 174 valence electrons. The van der Waals surface area contributed by atoms with Crippen LogP contribution in [0.5, 0.6) is 0 Å². The Labute approximate surface area is 201 Å². The fourth-order valence-corrected chi connectivity index (χ4v) is 3.94. The average molecular weight is 477 g/mol. The molecule has 4 rings (SSSR count). The molecule has 2 heterocycles. The lowest BCUT2D eigenvalue weighted by molar-refractivity contribution is -0.113. The third kappa shape index (κ3) is 5.34. The Morgan fingerprint density at radius 3 is 2.71 bits per heavy atom. The summed E-state index contributed by atoms with van der Waals surface area (Å²) in [4.78, 5) is 24.4. The summed E-state index contributed by atoms with van der Waals surface area (Å²) < 4.78 is 8.40. The first-order valence-corrected chi connectivity index (χ1v) is 11.7. The number of hydrogen-bond acceptors (Lipinski definition) is 7. The Kier molecular flexibility index (Phi) is 7.07. The zero-order valence-corrected chi connectivity index (χ0v) is 19.9. The number of esters is 1. The van der Waals surface area contributed by atoms with E-state index in [2.05, 4.69) is 40.5 Å². The lowest BCUT2D eigenvalue weighted by atomic mass is 10.1. The zero-order valence-electron chi connectivity index (χ0n) is 19.1. The highest BCUT2D eigenvalue weighted by atomic mass is 32.2. The molecule has 2 aromatic carbocycles. The number of nitrogens with one attached hydrogen (secondary N) is 1. The summed E-state index contributed by atoms with van der Waals surface area (Å²) in [7, 11) is 0. The minimum absolute atomic E-state index is 0.169. The second-order valence-electron chi connectivity index (χ2n) is 7.51. The minimum Gasteiger partial charge on any atom is -0.461 e. The Morgan fingerprint density at radius 1 is 1.06 bits per heavy atom. The Hall–Kier alpha value is -3.92. The van der Waals surface area contributed by atoms with Crippen molar-refractivity contribution in [1.82, 2.24) is 24.5 Å². The van der Waals surface area contributed by atoms with E-state index in [-0.39, 0.29) is 24.0 Å². The van der Waals surface area contributed by atoms with Crippen molar-refractivity contribution in [3.63, 3.8) is 0 Å². The summed E-state index contributed by atoms with van der Waals surface area (Å²) in [5.74, 6) is -0.483. The van der Waals surface area contributed by atoms with Gasteiger partial charge in [-0.25, -0.2) is 9.48 Å². The van der Waals surface area contributed by atoms with Crippen molar-refractivity contribution in [1.29, 1.82) is 0 Å². The number of ether oxygens (including phenoxy) is 1. The van der Waals surface area contributed by atoms with Crippen molar-refractivity contribution >= 4 is 29.3 Å². The number of hydrogen-bond donors (Lipinski definition) is 1. The summed E-state index contributed by atoms with van der Waals surface area (Å²) in [5, 5.41) is 15.9. The van der Waals surface area contributed by atoms with Crippen LogP contribution in [0.3, 0.4) is 0 Å². The maximum Gasteiger partial charge on any atom is 0.358 e. The van der Waals surface area contributed by atoms with E-state index in [0.29, 0.717) is 16.5 Å². The van der Waals surface area contributed by atoms with E-state index in [9.17, 15) is 9.59 Å². The monoisotopic (exact) mass is 476 g/mol. The molecule has 0 aliphatic carbocycles. The SMILES string of the molecule is CCOC(=O)c1ccn(-c2cccc(NC(=O)CSc3nncn3-c3ccc(C)c(C)c3)c2)n1. The van der Waals surface area contributed by atoms with Gasteiger partial charge in [0.1, 0.15) is 6.33 Å². The number of benzene rings is 2. The lowest BCUT2D eigenvalue weighted by Crippen LogP contribution is -2.15. The van der Waals surface area contributed by atoms with Crippen LogP contribution in [0.15, 0.2) is 66.2 Å². The molecule has 2 aromatic heterocycles. The molecule has 4 aromatic rings. The molecule has 0 bridgehead atoms. The fraction of sp³-hybridized carbons (Fsp3) is 0.208. The predicted octanol–water partition coefficient (Wildman–Crippen LogP) is 3.98. The quantitative estimate of drug-likeness (QED) is 0.303. The molecule has 10 heteroatoms. The molecular weight excluding hydrogens is 452 g/mol. The largest absolute Gasteiger partial charge is 0.461 e. The summed E-state index contributed by atoms with van der Waals surface area (Å²) in [6.07, 6.45) is 3.31. The van der Waals surface area contributed by atoms with Gasteiger partial charge in [0, 0.05) is 17.6 Å². The van der Waals surface area contributed by atoms with E-state index in [1.54, 1.807) is 48.4 Å². The van der Waals surface area contributed by atoms with Crippen LogP contribution in [0.1, 0.15) is 28.5 Å². The van der Waals surface area contributed by atoms with Gasteiger partial charge in [0.2, 0.25) is 5.91 Å². The Morgan fingerprint density at radius 2 is 1.91 bits per heavy atom. The Bertz CT molecular complexity index is 1330. The molecule has 1 amide bonds. The first kappa shape index (κ1) is 23.2. The smallest absolute Gasteiger partial charge is 0.358 e. The summed E-state index contributed by atoms with van der Waals surface area (Å²) in [6.45, 7) is 6.14. The van der Waals surface area contributed by atoms with E-state index >= 15 is 0 Å². The van der Waals surface area contributed by atoms with E-state index < -0.39 is 5.97 Å². The zero-order chi connectivity index (χ0) is 24.1. The van der Waals surface area contributed by atoms with Crippen molar-refractivity contribution in [2.24, 2.45) is 0 Å². The average Bonchev–Trinajstić information content (AvgIpc) is 3.50. The van der Waals surface area contributed by atoms with Crippen LogP contribution in [0, 0.1) is 13.8 Å². The van der Waals surface area contributed by atoms with Crippen LogP contribution in [-0.4, -0.2) is 48.8 Å². The highest BCUT2D eigenvalue weighted by Gasteiger charge is 2.13. The molecule has 0 saturated heterocycles. The van der Waals surface area contributed by atoms with E-state index in [4.69, 9.17) is 4.74 Å². The summed E-state index contributed by atoms with van der Waals surface area (Å²) in [6, 6.07) is 14.9. The van der Waals surface area contributed by atoms with E-state index in [0.717, 1.165) is 5.69 Å². The number of amides is 1. The molecule has 0 unspecified atom stereocenters. The molecule has 0 radical (unpaired) electrons. The van der Waals surface area contributed by atoms with Gasteiger partial charge < -0.3 is 10.1 Å². The number of carbonyl (C=O) groups is 2. The van der Waals surface area contributed by atoms with E-state index in [1.165, 1.54) is 22.9 Å². The predicted molar refractivity (Wildman–Crippen MR) is 130 cm³/mol. The third-order valence-corrected chi connectivity index (χ3v) is 6.03. The summed E-state index contributed by atoms with van der Waals surface area (Å²) in [5.41, 5.74) is 4.87. The molecule has 1 N–H and O–H groups in total. The van der Waals surface area contributed by atoms with Crippen LogP contribution in [0.2, 0.25) is 0 Å². The first-order chi connectivity index (χ1) is 16.4. The molecule has 0 atom stereocenters. The van der Waals surface area contributed by atoms with Crippen molar-refractivity contribution in [3.05, 3.63) is 77.9 Å². The van der Waals surface area contributed by atoms with Crippen LogP contribution in [-0.2, 0) is 9.53 Å². The molecule has 0 fully saturated rings. The van der Waals surface area contributed by atoms with Crippen LogP contribution >= 0.6 is 11.8 Å². The highest BCUT2D eigenvalue weighted by molar-refractivity contribution is 7.99. The van der Waals surface area contributed by atoms with Gasteiger partial charge in [0.15, 0.2) is 10.9 Å². The fourth-order valence-electron chi connectivity index (χ4n) is 3.21. The van der Waals surface area contributed by atoms with Crippen LogP contribution < -0.4 is 5.32 Å². The minimum atomic E-state index is -0.476. The van der Waals surface area contributed by atoms with Gasteiger partial charge in [-0.2, -0.15) is 5.10 Å². The topological polar surface area (TPSA) is 104 Å². The van der Waals surface area contributed by atoms with Gasteiger partial charge in [-0.1, -0.05) is 23.9 Å². The third-order valence-electron chi connectivity index (χ3n) is 5.09. The van der Waals surface area contributed by atoms with Gasteiger partial charge in [-0.3, -0.25) is 9.36 Å². The number of aryl methyl sites for hydroxylation is 2. The van der Waals surface area contributed by atoms with Gasteiger partial charge in [0.05, 0.1) is 18.0 Å². The molecule has 0 saturated carbocycles. The number of aromatic nitrogens is 5.